The summed E-state index contributed by atoms with van der Waals surface area (Å²) < 4.78 is 34.1. The first-order valence-electron chi connectivity index (χ1n) is 3.30. The lowest BCUT2D eigenvalue weighted by Gasteiger charge is -2.10. The van der Waals surface area contributed by atoms with E-state index in [1.807, 2.05) is 6.26 Å². The van der Waals surface area contributed by atoms with Gasteiger partial charge in [-0.1, -0.05) is 0 Å². The van der Waals surface area contributed by atoms with Crippen LogP contribution in [-0.2, 0) is 15.2 Å². The molecule has 0 heterocycles. The van der Waals surface area contributed by atoms with Crippen LogP contribution in [0.3, 0.4) is 0 Å². The highest BCUT2D eigenvalue weighted by Crippen LogP contribution is 1.96. The number of carbonyl (C=O) groups is 1. The first kappa shape index (κ1) is 36.0. The Labute approximate surface area is 110 Å². The summed E-state index contributed by atoms with van der Waals surface area (Å²) in [7, 11) is -5.17. The van der Waals surface area contributed by atoms with Crippen LogP contribution in [-0.4, -0.2) is 47.0 Å². The highest BCUT2D eigenvalue weighted by Gasteiger charge is 2.00. The largest absolute Gasteiger partial charge is 0.759 e. The summed E-state index contributed by atoms with van der Waals surface area (Å²) in [5.41, 5.74) is 5.13. The normalized spacial score (nSPS) is 9.78. The van der Waals surface area contributed by atoms with Gasteiger partial charge in [-0.3, -0.25) is 8.42 Å². The van der Waals surface area contributed by atoms with Crippen LogP contribution >= 0.6 is 11.8 Å². The van der Waals surface area contributed by atoms with Crippen molar-refractivity contribution in [1.29, 1.82) is 0 Å². The Hall–Kier alpha value is -0.510. The fourth-order valence-corrected chi connectivity index (χ4v) is 0.852. The van der Waals surface area contributed by atoms with Crippen molar-refractivity contribution in [2.45, 2.75) is 12.5 Å². The number of quaternary nitrogens is 3. The second-order valence-electron chi connectivity index (χ2n) is 2.12. The maximum absolute atomic E-state index is 9.96. The van der Waals surface area contributed by atoms with E-state index in [0.717, 1.165) is 5.75 Å². The lowest BCUT2D eigenvalue weighted by atomic mass is 10.2. The van der Waals surface area contributed by atoms with E-state index < -0.39 is 22.4 Å². The van der Waals surface area contributed by atoms with Crippen molar-refractivity contribution < 1.29 is 32.9 Å². The molecule has 118 valence electrons. The Morgan fingerprint density at radius 2 is 1.56 bits per heavy atom. The molecule has 0 spiro atoms. The standard InChI is InChI=1S/C5H11NO2S.3H3N.H2O4S.H2O/c1-9-3-2-4(6)5(7)8;;;;1-5(2,3)4;/h4H,2-3,6H2,1H3,(H,7,8);3*1H3;(H2,1,2,3,4);1H2/t4-;;;;;/m0...../s1. The molecule has 0 aromatic carbocycles. The molecule has 0 radical (unpaired) electrons. The van der Waals surface area contributed by atoms with Gasteiger partial charge in [0, 0.05) is 16.4 Å². The quantitative estimate of drug-likeness (QED) is 0.324. The molecule has 0 unspecified atom stereocenters. The topological polar surface area (TPSA) is 287 Å². The lowest BCUT2D eigenvalue weighted by molar-refractivity contribution is -0.307. The maximum Gasteiger partial charge on any atom is 0.0582 e. The number of nitrogens with two attached hydrogens (primary N) is 1. The second kappa shape index (κ2) is 18.8. The fourth-order valence-electron chi connectivity index (χ4n) is 0.363. The molecule has 0 saturated carbocycles. The van der Waals surface area contributed by atoms with Gasteiger partial charge in [0.2, 0.25) is 0 Å². The molecule has 18 heavy (non-hydrogen) atoms. The smallest absolute Gasteiger partial charge is 0.0582 e. The maximum atomic E-state index is 9.96. The minimum absolute atomic E-state index is 0. The third kappa shape index (κ3) is 58.0. The second-order valence-corrected chi connectivity index (χ2v) is 3.92. The molecule has 0 rings (SSSR count). The molecule has 0 aliphatic rings. The third-order valence-corrected chi connectivity index (χ3v) is 1.58. The molecular formula is C5H24N4O7S2. The number of carboxylic acids is 1. The van der Waals surface area contributed by atoms with Crippen LogP contribution in [0.15, 0.2) is 0 Å². The zero-order chi connectivity index (χ0) is 11.8. The van der Waals surface area contributed by atoms with E-state index in [1.54, 1.807) is 11.8 Å². The summed E-state index contributed by atoms with van der Waals surface area (Å²) in [6.45, 7) is 0. The number of aliphatic carboxylic acids is 1. The lowest BCUT2D eigenvalue weighted by Crippen LogP contribution is -2.42. The van der Waals surface area contributed by atoms with E-state index in [0.29, 0.717) is 6.42 Å². The molecule has 0 fully saturated rings. The van der Waals surface area contributed by atoms with Crippen LogP contribution in [0.2, 0.25) is 0 Å². The van der Waals surface area contributed by atoms with Crippen LogP contribution in [0.25, 0.3) is 0 Å². The molecule has 0 aliphatic carbocycles. The average molecular weight is 316 g/mol. The van der Waals surface area contributed by atoms with Crippen LogP contribution in [0.5, 0.6) is 0 Å². The summed E-state index contributed by atoms with van der Waals surface area (Å²) in [5.74, 6) is -0.390. The van der Waals surface area contributed by atoms with Gasteiger partial charge < -0.3 is 48.7 Å². The van der Waals surface area contributed by atoms with Crippen LogP contribution in [0.1, 0.15) is 6.42 Å². The first-order valence-corrected chi connectivity index (χ1v) is 6.03. The summed E-state index contributed by atoms with van der Waals surface area (Å²) in [6.07, 6.45) is 2.39. The molecule has 0 saturated heterocycles. The van der Waals surface area contributed by atoms with Crippen molar-refractivity contribution in [2.75, 3.05) is 12.0 Å². The Morgan fingerprint density at radius 3 is 1.72 bits per heavy atom. The summed E-state index contributed by atoms with van der Waals surface area (Å²) >= 11 is 1.58. The highest BCUT2D eigenvalue weighted by atomic mass is 32.3. The van der Waals surface area contributed by atoms with Gasteiger partial charge in [-0.2, -0.15) is 11.8 Å². The molecule has 0 amide bonds. The van der Waals surface area contributed by atoms with Crippen LogP contribution in [0.4, 0.5) is 0 Å². The molecule has 0 aromatic heterocycles. The summed E-state index contributed by atoms with van der Waals surface area (Å²) in [5, 5.41) is 9.96. The van der Waals surface area contributed by atoms with Crippen molar-refractivity contribution in [3.8, 4) is 0 Å². The van der Waals surface area contributed by atoms with E-state index in [-0.39, 0.29) is 23.9 Å². The van der Waals surface area contributed by atoms with E-state index in [4.69, 9.17) is 23.3 Å². The third-order valence-electron chi connectivity index (χ3n) is 0.936. The van der Waals surface area contributed by atoms with Gasteiger partial charge >= 0.3 is 0 Å². The molecule has 0 aromatic rings. The molecule has 0 bridgehead atoms. The van der Waals surface area contributed by atoms with Gasteiger partial charge in [0.25, 0.3) is 0 Å². The molecule has 13 heteroatoms. The van der Waals surface area contributed by atoms with Crippen LogP contribution < -0.4 is 29.3 Å². The van der Waals surface area contributed by atoms with Gasteiger partial charge in [0.1, 0.15) is 0 Å². The van der Waals surface area contributed by atoms with Crippen molar-refractivity contribution in [3.63, 3.8) is 0 Å². The molecule has 1 atom stereocenters. The zero-order valence-electron chi connectivity index (χ0n) is 10.8. The zero-order valence-corrected chi connectivity index (χ0v) is 12.5. The van der Waals surface area contributed by atoms with E-state index in [2.05, 4.69) is 0 Å². The summed E-state index contributed by atoms with van der Waals surface area (Å²) in [6, 6.07) is -0.794. The minimum atomic E-state index is -5.17. The number of thioether (sulfide) groups is 1. The molecule has 11 nitrogen and oxygen atoms in total. The number of hydrogen-bond donors (Lipinski definition) is 4. The monoisotopic (exact) mass is 316 g/mol. The average Bonchev–Trinajstić information content (AvgIpc) is 1.96. The van der Waals surface area contributed by atoms with Crippen molar-refractivity contribution in [2.24, 2.45) is 5.73 Å². The van der Waals surface area contributed by atoms with E-state index in [1.165, 1.54) is 0 Å². The predicted octanol–water partition coefficient (Wildman–Crippen LogP) is -2.22. The van der Waals surface area contributed by atoms with Gasteiger partial charge in [-0.15, -0.1) is 0 Å². The van der Waals surface area contributed by atoms with Crippen LogP contribution in [0, 0.1) is 0 Å². The first-order chi connectivity index (χ1) is 6.18. The predicted molar refractivity (Wildman–Crippen MR) is 68.0 cm³/mol. The highest BCUT2D eigenvalue weighted by molar-refractivity contribution is 7.98. The van der Waals surface area contributed by atoms with E-state index in [9.17, 15) is 9.90 Å². The van der Waals surface area contributed by atoms with E-state index >= 15 is 0 Å². The Bertz CT molecular complexity index is 253. The van der Waals surface area contributed by atoms with Gasteiger partial charge in [0.05, 0.1) is 5.97 Å². The van der Waals surface area contributed by atoms with Crippen molar-refractivity contribution in [3.05, 3.63) is 0 Å². The van der Waals surface area contributed by atoms with Gasteiger partial charge in [-0.05, 0) is 18.4 Å². The SMILES string of the molecule is CSCC[C@H](N)C(=O)[O-].O.O=S(=O)([O-])[O-].[NH4+].[NH4+].[NH4+]. The molecule has 0 aliphatic heterocycles. The Morgan fingerprint density at radius 1 is 1.28 bits per heavy atom. The number of carboxylic acid groups (broad SMARTS) is 1. The number of hydrogen-bond acceptors (Lipinski definition) is 8. The fraction of sp³-hybridized carbons (Fsp3) is 0.800. The Kier molecular flexibility index (Phi) is 37.7. The Balaban J connectivity index is -0.0000000359. The van der Waals surface area contributed by atoms with Crippen molar-refractivity contribution >= 4 is 28.1 Å². The number of carbonyl (C=O) groups excluding carboxylic acids is 1. The van der Waals surface area contributed by atoms with Crippen molar-refractivity contribution in [1.82, 2.24) is 18.5 Å². The summed E-state index contributed by atoms with van der Waals surface area (Å²) in [4.78, 5) is 9.96. The molecule has 16 N–H and O–H groups in total. The number of rotatable bonds is 4. The molecular weight excluding hydrogens is 292 g/mol. The minimum Gasteiger partial charge on any atom is -0.759 e. The van der Waals surface area contributed by atoms with Gasteiger partial charge in [0.15, 0.2) is 0 Å². The van der Waals surface area contributed by atoms with Gasteiger partial charge in [-0.25, -0.2) is 0 Å².